The van der Waals surface area contributed by atoms with Gasteiger partial charge in [0.2, 0.25) is 0 Å². The van der Waals surface area contributed by atoms with E-state index in [1.54, 1.807) is 0 Å². The maximum Gasteiger partial charge on any atom is 0.573 e. The first-order valence-corrected chi connectivity index (χ1v) is 4.52. The van der Waals surface area contributed by atoms with E-state index in [9.17, 15) is 35.1 Å². The lowest BCUT2D eigenvalue weighted by molar-refractivity contribution is -0.276. The molecule has 0 aromatic carbocycles. The van der Waals surface area contributed by atoms with E-state index in [2.05, 4.69) is 9.72 Å². The van der Waals surface area contributed by atoms with Gasteiger partial charge in [0.15, 0.2) is 11.4 Å². The molecule has 0 atom stereocenters. The van der Waals surface area contributed by atoms with Crippen molar-refractivity contribution in [1.82, 2.24) is 4.98 Å². The summed E-state index contributed by atoms with van der Waals surface area (Å²) in [5.74, 6) is -1.96. The highest BCUT2D eigenvalue weighted by molar-refractivity contribution is 5.48. The van der Waals surface area contributed by atoms with Crippen molar-refractivity contribution < 1.29 is 39.9 Å². The van der Waals surface area contributed by atoms with Crippen LogP contribution in [-0.4, -0.2) is 11.3 Å². The third kappa shape index (κ3) is 3.69. The number of hydrogen-bond donors (Lipinski definition) is 0. The molecule has 0 aliphatic rings. The van der Waals surface area contributed by atoms with Gasteiger partial charge in [-0.25, -0.2) is 13.8 Å². The van der Waals surface area contributed by atoms with E-state index in [4.69, 9.17) is 5.26 Å². The van der Waals surface area contributed by atoms with Gasteiger partial charge in [0.05, 0.1) is 5.56 Å². The zero-order chi connectivity index (χ0) is 15.7. The predicted octanol–water partition coefficient (Wildman–Crippen LogP) is 3.81. The maximum atomic E-state index is 12.5. The van der Waals surface area contributed by atoms with Crippen LogP contribution in [-0.2, 0) is 6.18 Å². The fourth-order valence-electron chi connectivity index (χ4n) is 1.16. The third-order valence-corrected chi connectivity index (χ3v) is 1.82. The lowest BCUT2D eigenvalue weighted by atomic mass is 10.1. The molecule has 0 aliphatic heterocycles. The summed E-state index contributed by atoms with van der Waals surface area (Å²) in [6.45, 7) is 0. The largest absolute Gasteiger partial charge is 0.573 e. The third-order valence-electron chi connectivity index (χ3n) is 1.82. The first-order chi connectivity index (χ1) is 8.95. The summed E-state index contributed by atoms with van der Waals surface area (Å²) in [4.78, 5) is 2.39. The van der Waals surface area contributed by atoms with E-state index < -0.39 is 41.7 Å². The Kier molecular flexibility index (Phi) is 4.07. The van der Waals surface area contributed by atoms with Gasteiger partial charge in [-0.05, 0) is 6.07 Å². The number of pyridine rings is 1. The number of nitriles is 1. The molecule has 0 radical (unpaired) electrons. The fraction of sp³-hybridized carbons (Fsp3) is 0.333. The first kappa shape index (κ1) is 15.9. The van der Waals surface area contributed by atoms with Crippen molar-refractivity contribution in [2.45, 2.75) is 19.0 Å². The Morgan fingerprint density at radius 1 is 1.15 bits per heavy atom. The Labute approximate surface area is 105 Å². The monoisotopic (exact) mass is 306 g/mol. The number of rotatable bonds is 2. The van der Waals surface area contributed by atoms with E-state index in [0.717, 1.165) is 6.07 Å². The Hall–Kier alpha value is -2.12. The van der Waals surface area contributed by atoms with Crippen LogP contribution in [0.2, 0.25) is 0 Å². The first-order valence-electron chi connectivity index (χ1n) is 4.52. The highest BCUT2D eigenvalue weighted by Gasteiger charge is 2.43. The molecule has 0 spiro atoms. The minimum absolute atomic E-state index is 0.0982. The molecule has 20 heavy (non-hydrogen) atoms. The molecule has 11 heteroatoms. The quantitative estimate of drug-likeness (QED) is 0.781. The van der Waals surface area contributed by atoms with Crippen molar-refractivity contribution in [2.75, 3.05) is 0 Å². The Morgan fingerprint density at radius 3 is 2.05 bits per heavy atom. The van der Waals surface area contributed by atoms with Crippen molar-refractivity contribution in [3.05, 3.63) is 23.0 Å². The SMILES string of the molecule is N#Cc1cc(C(F)F)nc(C(F)(F)F)c1OC(F)(F)F. The summed E-state index contributed by atoms with van der Waals surface area (Å²) in [7, 11) is 0. The average molecular weight is 306 g/mol. The molecule has 1 rings (SSSR count). The van der Waals surface area contributed by atoms with Crippen molar-refractivity contribution in [1.29, 1.82) is 5.26 Å². The molecule has 3 nitrogen and oxygen atoms in total. The summed E-state index contributed by atoms with van der Waals surface area (Å²) in [5.41, 5.74) is -5.17. The zero-order valence-electron chi connectivity index (χ0n) is 8.98. The fourth-order valence-corrected chi connectivity index (χ4v) is 1.16. The Morgan fingerprint density at radius 2 is 1.70 bits per heavy atom. The molecular weight excluding hydrogens is 304 g/mol. The molecule has 1 heterocycles. The van der Waals surface area contributed by atoms with Crippen molar-refractivity contribution >= 4 is 0 Å². The summed E-state index contributed by atoms with van der Waals surface area (Å²) in [6.07, 6.45) is -14.5. The molecule has 0 bridgehead atoms. The number of aromatic nitrogens is 1. The van der Waals surface area contributed by atoms with E-state index >= 15 is 0 Å². The van der Waals surface area contributed by atoms with Crippen LogP contribution >= 0.6 is 0 Å². The minimum atomic E-state index is -5.54. The van der Waals surface area contributed by atoms with Gasteiger partial charge in [0.25, 0.3) is 6.43 Å². The Balaban J connectivity index is 3.58. The van der Waals surface area contributed by atoms with Gasteiger partial charge in [-0.2, -0.15) is 18.4 Å². The van der Waals surface area contributed by atoms with Gasteiger partial charge in [-0.15, -0.1) is 13.2 Å². The standard InChI is InChI=1S/C9H2F8N2O/c10-7(11)4-1-3(2-18)5(20-9(15,16)17)6(19-4)8(12,13)14/h1,7H. The second kappa shape index (κ2) is 5.10. The van der Waals surface area contributed by atoms with Crippen molar-refractivity contribution in [3.63, 3.8) is 0 Å². The normalized spacial score (nSPS) is 12.4. The molecule has 110 valence electrons. The molecule has 0 aliphatic carbocycles. The molecule has 0 fully saturated rings. The molecule has 0 saturated carbocycles. The second-order valence-electron chi connectivity index (χ2n) is 3.23. The number of ether oxygens (including phenoxy) is 1. The maximum absolute atomic E-state index is 12.5. The number of hydrogen-bond acceptors (Lipinski definition) is 3. The van der Waals surface area contributed by atoms with Gasteiger partial charge in [-0.3, -0.25) is 0 Å². The summed E-state index contributed by atoms with van der Waals surface area (Å²) >= 11 is 0. The predicted molar refractivity (Wildman–Crippen MR) is 45.6 cm³/mol. The van der Waals surface area contributed by atoms with Gasteiger partial charge in [0.1, 0.15) is 11.8 Å². The van der Waals surface area contributed by atoms with E-state index in [-0.39, 0.29) is 6.07 Å². The van der Waals surface area contributed by atoms with Crippen LogP contribution in [0.5, 0.6) is 5.75 Å². The van der Waals surface area contributed by atoms with E-state index in [1.807, 2.05) is 0 Å². The number of alkyl halides is 8. The topological polar surface area (TPSA) is 45.9 Å². The molecule has 0 amide bonds. The molecule has 0 saturated heterocycles. The molecular formula is C9H2F8N2O. The molecule has 1 aromatic heterocycles. The highest BCUT2D eigenvalue weighted by atomic mass is 19.4. The second-order valence-corrected chi connectivity index (χ2v) is 3.23. The number of nitrogens with zero attached hydrogens (tertiary/aromatic N) is 2. The molecule has 0 N–H and O–H groups in total. The van der Waals surface area contributed by atoms with Crippen LogP contribution in [0.1, 0.15) is 23.4 Å². The van der Waals surface area contributed by atoms with Gasteiger partial charge in [0, 0.05) is 0 Å². The zero-order valence-corrected chi connectivity index (χ0v) is 8.98. The molecule has 1 aromatic rings. The van der Waals surface area contributed by atoms with Gasteiger partial charge < -0.3 is 4.74 Å². The van der Waals surface area contributed by atoms with Gasteiger partial charge in [-0.1, -0.05) is 0 Å². The summed E-state index contributed by atoms with van der Waals surface area (Å²) < 4.78 is 101. The van der Waals surface area contributed by atoms with Crippen molar-refractivity contribution in [2.24, 2.45) is 0 Å². The van der Waals surface area contributed by atoms with E-state index in [1.165, 1.54) is 0 Å². The van der Waals surface area contributed by atoms with Crippen LogP contribution in [0.15, 0.2) is 6.07 Å². The van der Waals surface area contributed by atoms with Crippen LogP contribution in [0, 0.1) is 11.3 Å². The van der Waals surface area contributed by atoms with Crippen LogP contribution < -0.4 is 4.74 Å². The van der Waals surface area contributed by atoms with Crippen molar-refractivity contribution in [3.8, 4) is 11.8 Å². The van der Waals surface area contributed by atoms with Gasteiger partial charge >= 0.3 is 12.5 Å². The molecule has 0 unspecified atom stereocenters. The number of halogens is 8. The average Bonchev–Trinajstić information content (AvgIpc) is 2.25. The van der Waals surface area contributed by atoms with Crippen LogP contribution in [0.4, 0.5) is 35.1 Å². The van der Waals surface area contributed by atoms with Crippen LogP contribution in [0.3, 0.4) is 0 Å². The van der Waals surface area contributed by atoms with E-state index in [0.29, 0.717) is 0 Å². The minimum Gasteiger partial charge on any atom is -0.402 e. The summed E-state index contributed by atoms with van der Waals surface area (Å²) in [5, 5.41) is 8.47. The lowest BCUT2D eigenvalue weighted by Gasteiger charge is -2.16. The summed E-state index contributed by atoms with van der Waals surface area (Å²) in [6, 6.07) is 1.03. The Bertz CT molecular complexity index is 543. The highest BCUT2D eigenvalue weighted by Crippen LogP contribution is 2.40. The van der Waals surface area contributed by atoms with Crippen LogP contribution in [0.25, 0.3) is 0 Å². The smallest absolute Gasteiger partial charge is 0.402 e. The lowest BCUT2D eigenvalue weighted by Crippen LogP contribution is -2.22.